The minimum atomic E-state index is -5.74. The van der Waals surface area contributed by atoms with E-state index in [9.17, 15) is 21.8 Å². The van der Waals surface area contributed by atoms with Crippen LogP contribution < -0.4 is 9.47 Å². The van der Waals surface area contributed by atoms with Gasteiger partial charge in [-0.1, -0.05) is 0 Å². The molecule has 0 radical (unpaired) electrons. The molecule has 4 aromatic rings. The largest absolute Gasteiger partial charge is 0.497 e. The summed E-state index contributed by atoms with van der Waals surface area (Å²) < 4.78 is 136. The Bertz CT molecular complexity index is 1870. The van der Waals surface area contributed by atoms with Crippen LogP contribution in [0.3, 0.4) is 0 Å². The number of methoxy groups -OCH3 is 2. The van der Waals surface area contributed by atoms with Gasteiger partial charge in [0.25, 0.3) is 10.1 Å². The molecule has 0 spiro atoms. The van der Waals surface area contributed by atoms with E-state index in [0.717, 1.165) is 34.8 Å². The van der Waals surface area contributed by atoms with E-state index < -0.39 is 55.1 Å². The fraction of sp³-hybridized carbons (Fsp3) is 0.241. The molecular weight excluding hydrogens is 639 g/mol. The van der Waals surface area contributed by atoms with E-state index in [0.29, 0.717) is 16.2 Å². The summed E-state index contributed by atoms with van der Waals surface area (Å²) in [5.74, 6) is -15.9. The van der Waals surface area contributed by atoms with Gasteiger partial charge in [-0.3, -0.25) is 4.55 Å². The Balaban J connectivity index is 1.74. The molecule has 228 valence electrons. The second-order valence-electron chi connectivity index (χ2n) is 9.70. The van der Waals surface area contributed by atoms with Crippen molar-refractivity contribution in [3.63, 3.8) is 0 Å². The van der Waals surface area contributed by atoms with Crippen LogP contribution in [0.15, 0.2) is 59.5 Å². The third kappa shape index (κ3) is 4.84. The summed E-state index contributed by atoms with van der Waals surface area (Å²) in [5.41, 5.74) is -3.30. The molecule has 0 saturated heterocycles. The molecule has 5 rings (SSSR count). The molecule has 0 amide bonds. The van der Waals surface area contributed by atoms with Gasteiger partial charge >= 0.3 is 17.8 Å². The average Bonchev–Trinajstić information content (AvgIpc) is 3.54. The first-order valence-electron chi connectivity index (χ1n) is 12.4. The van der Waals surface area contributed by atoms with E-state index in [2.05, 4.69) is 0 Å². The number of halogens is 6. The lowest BCUT2D eigenvalue weighted by Gasteiger charge is -2.25. The van der Waals surface area contributed by atoms with Gasteiger partial charge in [0.1, 0.15) is 16.4 Å². The van der Waals surface area contributed by atoms with Gasteiger partial charge in [-0.2, -0.15) is 34.8 Å². The number of thiophene rings is 2. The summed E-state index contributed by atoms with van der Waals surface area (Å²) in [6.07, 6.45) is 0. The zero-order valence-corrected chi connectivity index (χ0v) is 25.2. The van der Waals surface area contributed by atoms with Crippen molar-refractivity contribution in [3.8, 4) is 32.4 Å². The topological polar surface area (TPSA) is 72.8 Å². The lowest BCUT2D eigenvalue weighted by Crippen LogP contribution is -2.48. The number of alkyl halides is 6. The second-order valence-corrected chi connectivity index (χ2v) is 13.6. The molecule has 0 unspecified atom stereocenters. The Morgan fingerprint density at radius 3 is 1.60 bits per heavy atom. The fourth-order valence-corrected chi connectivity index (χ4v) is 7.70. The molecule has 1 N–H and O–H groups in total. The zero-order valence-electron chi connectivity index (χ0n) is 22.8. The van der Waals surface area contributed by atoms with Gasteiger partial charge in [0.15, 0.2) is 0 Å². The van der Waals surface area contributed by atoms with Crippen molar-refractivity contribution in [2.24, 2.45) is 0 Å². The van der Waals surface area contributed by atoms with Crippen molar-refractivity contribution in [1.82, 2.24) is 0 Å². The number of ether oxygens (including phenoxy) is 2. The van der Waals surface area contributed by atoms with Crippen LogP contribution >= 0.6 is 22.7 Å². The van der Waals surface area contributed by atoms with Crippen LogP contribution in [-0.2, 0) is 10.1 Å². The quantitative estimate of drug-likeness (QED) is 0.158. The highest BCUT2D eigenvalue weighted by Gasteiger charge is 2.80. The van der Waals surface area contributed by atoms with Crippen molar-refractivity contribution in [1.29, 1.82) is 0 Å². The smallest absolute Gasteiger partial charge is 0.380 e. The predicted octanol–water partition coefficient (Wildman–Crippen LogP) is 8.85. The average molecular weight is 661 g/mol. The highest BCUT2D eigenvalue weighted by atomic mass is 32.2. The third-order valence-corrected chi connectivity index (χ3v) is 10.2. The van der Waals surface area contributed by atoms with E-state index in [1.165, 1.54) is 46.3 Å². The van der Waals surface area contributed by atoms with Crippen LogP contribution in [-0.4, -0.2) is 45.0 Å². The molecule has 2 aromatic carbocycles. The van der Waals surface area contributed by atoms with Gasteiger partial charge in [0.05, 0.1) is 14.2 Å². The fourth-order valence-electron chi connectivity index (χ4n) is 4.96. The number of allylic oxidation sites excluding steroid dienone is 2. The SMILES string of the molecule is COc1ccc(-c2cc(C3=C(c4cc(-c5ccc(OC)c(S(=O)(=O)O)c5)sc4C)C(F)(F)C(F)(F)C3(F)F)c(C)s2)cc1. The van der Waals surface area contributed by atoms with E-state index in [-0.39, 0.29) is 25.9 Å². The van der Waals surface area contributed by atoms with E-state index in [1.54, 1.807) is 24.3 Å². The normalized spacial score (nSPS) is 17.4. The molecule has 1 aliphatic carbocycles. The molecule has 0 saturated carbocycles. The summed E-state index contributed by atoms with van der Waals surface area (Å²) in [6, 6.07) is 12.3. The first-order chi connectivity index (χ1) is 20.0. The van der Waals surface area contributed by atoms with E-state index in [4.69, 9.17) is 9.47 Å². The van der Waals surface area contributed by atoms with Crippen LogP contribution in [0.4, 0.5) is 26.3 Å². The maximum absolute atomic E-state index is 15.5. The maximum Gasteiger partial charge on any atom is 0.380 e. The Labute approximate surface area is 250 Å². The molecule has 2 aromatic heterocycles. The standard InChI is InChI=1S/C29H22F6O5S3/c1-14-19(12-22(41-14)16-5-8-18(39-3)9-6-16)25-26(28(32,33)29(34,35)27(25,30)31)20-13-23(42-15(20)2)17-7-10-21(40-4)24(11-17)43(36,37)38/h5-13H,1-4H3,(H,36,37,38). The highest BCUT2D eigenvalue weighted by Crippen LogP contribution is 2.66. The van der Waals surface area contributed by atoms with Crippen molar-refractivity contribution in [3.05, 3.63) is 75.5 Å². The molecule has 0 aliphatic heterocycles. The van der Waals surface area contributed by atoms with Crippen LogP contribution in [0.5, 0.6) is 11.5 Å². The summed E-state index contributed by atoms with van der Waals surface area (Å²) in [7, 11) is -2.15. The number of rotatable bonds is 7. The minimum Gasteiger partial charge on any atom is -0.497 e. The lowest BCUT2D eigenvalue weighted by molar-refractivity contribution is -0.254. The van der Waals surface area contributed by atoms with Gasteiger partial charge in [0, 0.05) is 30.7 Å². The molecule has 5 nitrogen and oxygen atoms in total. The lowest BCUT2D eigenvalue weighted by atomic mass is 9.94. The number of aryl methyl sites for hydroxylation is 2. The molecule has 43 heavy (non-hydrogen) atoms. The molecular formula is C29H22F6O5S3. The third-order valence-electron chi connectivity index (χ3n) is 7.14. The second kappa shape index (κ2) is 10.4. The van der Waals surface area contributed by atoms with Gasteiger partial charge in [-0.15, -0.1) is 22.7 Å². The summed E-state index contributed by atoms with van der Waals surface area (Å²) in [6.45, 7) is 2.71. The van der Waals surface area contributed by atoms with Gasteiger partial charge < -0.3 is 9.47 Å². The van der Waals surface area contributed by atoms with Crippen LogP contribution in [0.1, 0.15) is 20.9 Å². The Morgan fingerprint density at radius 1 is 0.698 bits per heavy atom. The molecule has 0 atom stereocenters. The maximum atomic E-state index is 15.5. The molecule has 1 aliphatic rings. The van der Waals surface area contributed by atoms with Crippen molar-refractivity contribution in [2.45, 2.75) is 36.5 Å². The van der Waals surface area contributed by atoms with E-state index in [1.807, 2.05) is 0 Å². The van der Waals surface area contributed by atoms with Crippen molar-refractivity contribution < 1.29 is 48.8 Å². The summed E-state index contributed by atoms with van der Waals surface area (Å²) in [5, 5.41) is 0. The molecule has 0 bridgehead atoms. The Kier molecular flexibility index (Phi) is 7.52. The van der Waals surface area contributed by atoms with Crippen LogP contribution in [0.2, 0.25) is 0 Å². The van der Waals surface area contributed by atoms with Gasteiger partial charge in [-0.25, -0.2) is 0 Å². The van der Waals surface area contributed by atoms with Gasteiger partial charge in [0.2, 0.25) is 0 Å². The van der Waals surface area contributed by atoms with Crippen molar-refractivity contribution >= 4 is 43.9 Å². The van der Waals surface area contributed by atoms with Crippen LogP contribution in [0.25, 0.3) is 32.0 Å². The molecule has 14 heteroatoms. The predicted molar refractivity (Wildman–Crippen MR) is 154 cm³/mol. The summed E-state index contributed by atoms with van der Waals surface area (Å²) >= 11 is 1.80. The number of hydrogen-bond acceptors (Lipinski definition) is 6. The monoisotopic (exact) mass is 660 g/mol. The zero-order chi connectivity index (χ0) is 31.7. The van der Waals surface area contributed by atoms with Crippen molar-refractivity contribution in [2.75, 3.05) is 14.2 Å². The minimum absolute atomic E-state index is 0.0168. The molecule has 2 heterocycles. The Morgan fingerprint density at radius 2 is 1.16 bits per heavy atom. The first-order valence-corrected chi connectivity index (χ1v) is 15.4. The summed E-state index contributed by atoms with van der Waals surface area (Å²) in [4.78, 5) is 0.0391. The first kappa shape index (κ1) is 31.1. The Hall–Kier alpha value is -3.33. The van der Waals surface area contributed by atoms with Gasteiger partial charge in [-0.05, 0) is 90.7 Å². The number of hydrogen-bond donors (Lipinski definition) is 1. The number of benzene rings is 2. The van der Waals surface area contributed by atoms with E-state index >= 15 is 17.6 Å². The highest BCUT2D eigenvalue weighted by molar-refractivity contribution is 7.86. The van der Waals surface area contributed by atoms with Crippen LogP contribution in [0, 0.1) is 13.8 Å². The molecule has 0 fully saturated rings.